The Bertz CT molecular complexity index is 1030. The molecule has 2 aliphatic rings. The van der Waals surface area contributed by atoms with Crippen molar-refractivity contribution in [2.75, 3.05) is 27.5 Å². The summed E-state index contributed by atoms with van der Waals surface area (Å²) >= 11 is 5.15. The Kier molecular flexibility index (Phi) is 4.35. The minimum atomic E-state index is -0.483. The fourth-order valence-corrected chi connectivity index (χ4v) is 4.33. The third-order valence-electron chi connectivity index (χ3n) is 5.31. The molecule has 0 fully saturated rings. The van der Waals surface area contributed by atoms with Crippen molar-refractivity contribution in [1.29, 1.82) is 0 Å². The first-order valence-corrected chi connectivity index (χ1v) is 9.24. The molecular weight excluding hydrogens is 370 g/mol. The zero-order chi connectivity index (χ0) is 19.3. The van der Waals surface area contributed by atoms with Crippen molar-refractivity contribution < 1.29 is 24.2 Å². The summed E-state index contributed by atoms with van der Waals surface area (Å²) in [4.78, 5) is 16.5. The SMILES string of the molecule is CCn1c([O-])c([C@@H]2c3c(cc4c(c3OC)OCO4)CC[NH+]2C)c(=O)[nH]c1=S. The molecule has 144 valence electrons. The highest BCUT2D eigenvalue weighted by molar-refractivity contribution is 7.71. The summed E-state index contributed by atoms with van der Waals surface area (Å²) in [7, 11) is 3.52. The first kappa shape index (κ1) is 17.9. The quantitative estimate of drug-likeness (QED) is 0.710. The number of nitrogens with one attached hydrogen (secondary N) is 2. The summed E-state index contributed by atoms with van der Waals surface area (Å²) in [5.74, 6) is 1.31. The summed E-state index contributed by atoms with van der Waals surface area (Å²) in [6.07, 6.45) is 0.781. The van der Waals surface area contributed by atoms with Crippen LogP contribution in [0.1, 0.15) is 29.7 Å². The minimum absolute atomic E-state index is 0.121. The Labute approximate surface area is 160 Å². The number of rotatable bonds is 3. The van der Waals surface area contributed by atoms with E-state index in [1.165, 1.54) is 4.57 Å². The molecule has 0 bridgehead atoms. The van der Waals surface area contributed by atoms with Gasteiger partial charge in [0.05, 0.1) is 31.8 Å². The van der Waals surface area contributed by atoms with Crippen LogP contribution in [0.5, 0.6) is 23.1 Å². The number of hydrogen-bond acceptors (Lipinski definition) is 6. The second-order valence-electron chi connectivity index (χ2n) is 6.72. The van der Waals surface area contributed by atoms with Gasteiger partial charge in [0.25, 0.3) is 5.56 Å². The van der Waals surface area contributed by atoms with Crippen molar-refractivity contribution in [3.63, 3.8) is 0 Å². The van der Waals surface area contributed by atoms with E-state index >= 15 is 0 Å². The fourth-order valence-electron chi connectivity index (χ4n) is 4.03. The van der Waals surface area contributed by atoms with Gasteiger partial charge in [-0.15, -0.1) is 0 Å². The second kappa shape index (κ2) is 6.58. The lowest BCUT2D eigenvalue weighted by Crippen LogP contribution is -3.10. The number of fused-ring (bicyclic) bond motifs is 2. The van der Waals surface area contributed by atoms with Crippen molar-refractivity contribution in [1.82, 2.24) is 9.55 Å². The zero-order valence-corrected chi connectivity index (χ0v) is 16.2. The summed E-state index contributed by atoms with van der Waals surface area (Å²) in [6.45, 7) is 3.10. The molecule has 2 N–H and O–H groups in total. The molecule has 2 atom stereocenters. The Morgan fingerprint density at radius 3 is 2.93 bits per heavy atom. The lowest BCUT2D eigenvalue weighted by molar-refractivity contribution is -0.908. The van der Waals surface area contributed by atoms with Gasteiger partial charge in [-0.05, 0) is 36.7 Å². The molecule has 3 heterocycles. The van der Waals surface area contributed by atoms with Gasteiger partial charge in [-0.3, -0.25) is 9.78 Å². The molecule has 0 amide bonds. The van der Waals surface area contributed by atoms with E-state index in [0.29, 0.717) is 23.8 Å². The van der Waals surface area contributed by atoms with Gasteiger partial charge in [-0.25, -0.2) is 0 Å². The molecule has 0 aliphatic carbocycles. The molecule has 2 aliphatic heterocycles. The zero-order valence-electron chi connectivity index (χ0n) is 15.4. The number of benzene rings is 1. The number of aromatic nitrogens is 2. The molecule has 1 aromatic carbocycles. The number of nitrogens with zero attached hydrogens (tertiary/aromatic N) is 1. The number of hydrogen-bond donors (Lipinski definition) is 2. The van der Waals surface area contributed by atoms with Crippen LogP contribution in [0.3, 0.4) is 0 Å². The lowest BCUT2D eigenvalue weighted by atomic mass is 9.87. The largest absolute Gasteiger partial charge is 0.859 e. The predicted molar refractivity (Wildman–Crippen MR) is 97.4 cm³/mol. The van der Waals surface area contributed by atoms with Crippen molar-refractivity contribution >= 4 is 12.2 Å². The molecule has 27 heavy (non-hydrogen) atoms. The van der Waals surface area contributed by atoms with Gasteiger partial charge in [-0.1, -0.05) is 0 Å². The monoisotopic (exact) mass is 391 g/mol. The van der Waals surface area contributed by atoms with Gasteiger partial charge in [-0.2, -0.15) is 0 Å². The standard InChI is InChI=1S/C18H21N3O5S/c1-4-21-17(23)12(16(22)19-18(21)27)13-11-9(5-6-20(13)2)7-10-14(15(11)24-3)26-8-25-10/h7,13,23H,4-6,8H2,1-3H3,(H,19,22,27)/t13-/m0/s1. The lowest BCUT2D eigenvalue weighted by Gasteiger charge is -2.35. The van der Waals surface area contributed by atoms with Crippen LogP contribution < -0.4 is 29.8 Å². The number of likely N-dealkylation sites (N-methyl/N-ethyl adjacent to an activating group) is 1. The van der Waals surface area contributed by atoms with Gasteiger partial charge < -0.3 is 28.8 Å². The Balaban J connectivity index is 2.03. The van der Waals surface area contributed by atoms with E-state index in [0.717, 1.165) is 29.0 Å². The highest BCUT2D eigenvalue weighted by Crippen LogP contribution is 2.48. The smallest absolute Gasteiger partial charge is 0.260 e. The molecule has 1 unspecified atom stereocenters. The van der Waals surface area contributed by atoms with Crippen LogP contribution in [-0.2, 0) is 13.0 Å². The Morgan fingerprint density at radius 1 is 1.44 bits per heavy atom. The molecule has 2 aromatic rings. The fraction of sp³-hybridized carbons (Fsp3) is 0.444. The van der Waals surface area contributed by atoms with Crippen LogP contribution in [0.2, 0.25) is 0 Å². The third kappa shape index (κ3) is 2.61. The number of methoxy groups -OCH3 is 1. The maximum Gasteiger partial charge on any atom is 0.260 e. The number of aromatic amines is 1. The number of quaternary nitrogens is 1. The first-order chi connectivity index (χ1) is 13.0. The molecule has 0 saturated carbocycles. The Hall–Kier alpha value is -2.52. The van der Waals surface area contributed by atoms with E-state index in [1.54, 1.807) is 7.11 Å². The first-order valence-electron chi connectivity index (χ1n) is 8.83. The molecule has 8 nitrogen and oxygen atoms in total. The second-order valence-corrected chi connectivity index (χ2v) is 7.10. The van der Waals surface area contributed by atoms with Crippen LogP contribution >= 0.6 is 12.2 Å². The minimum Gasteiger partial charge on any atom is -0.859 e. The molecule has 9 heteroatoms. The van der Waals surface area contributed by atoms with E-state index in [1.807, 2.05) is 20.0 Å². The predicted octanol–water partition coefficient (Wildman–Crippen LogP) is -0.103. The van der Waals surface area contributed by atoms with Crippen LogP contribution in [0.25, 0.3) is 0 Å². The average Bonchev–Trinajstić information content (AvgIpc) is 3.10. The molecule has 4 rings (SSSR count). The van der Waals surface area contributed by atoms with E-state index in [4.69, 9.17) is 26.4 Å². The average molecular weight is 391 g/mol. The molecule has 0 saturated heterocycles. The molecule has 0 spiro atoms. The summed E-state index contributed by atoms with van der Waals surface area (Å²) in [5, 5.41) is 13.1. The van der Waals surface area contributed by atoms with Gasteiger partial charge in [0, 0.05) is 13.0 Å². The van der Waals surface area contributed by atoms with Crippen molar-refractivity contribution in [3.8, 4) is 23.1 Å². The van der Waals surface area contributed by atoms with Crippen LogP contribution in [0.4, 0.5) is 0 Å². The maximum absolute atomic E-state index is 13.1. The Morgan fingerprint density at radius 2 is 2.22 bits per heavy atom. The van der Waals surface area contributed by atoms with Crippen LogP contribution in [0.15, 0.2) is 10.9 Å². The highest BCUT2D eigenvalue weighted by Gasteiger charge is 2.39. The van der Waals surface area contributed by atoms with E-state index in [-0.39, 0.29) is 23.0 Å². The van der Waals surface area contributed by atoms with Crippen molar-refractivity contribution in [2.45, 2.75) is 25.9 Å². The van der Waals surface area contributed by atoms with E-state index in [2.05, 4.69) is 4.98 Å². The van der Waals surface area contributed by atoms with Crippen LogP contribution in [-0.4, -0.2) is 37.0 Å². The van der Waals surface area contributed by atoms with E-state index in [9.17, 15) is 9.90 Å². The highest BCUT2D eigenvalue weighted by atomic mass is 32.1. The topological polar surface area (TPSA) is 93.0 Å². The molecule has 0 radical (unpaired) electrons. The summed E-state index contributed by atoms with van der Waals surface area (Å²) in [6, 6.07) is 1.44. The normalized spacial score (nSPS) is 20.4. The number of ether oxygens (including phenoxy) is 3. The van der Waals surface area contributed by atoms with Gasteiger partial charge in [0.15, 0.2) is 16.3 Å². The molecular formula is C18H21N3O5S. The number of H-pyrrole nitrogens is 1. The van der Waals surface area contributed by atoms with Crippen molar-refractivity contribution in [2.24, 2.45) is 0 Å². The maximum atomic E-state index is 13.1. The van der Waals surface area contributed by atoms with Gasteiger partial charge >= 0.3 is 0 Å². The molecule has 1 aromatic heterocycles. The van der Waals surface area contributed by atoms with E-state index < -0.39 is 11.6 Å². The van der Waals surface area contributed by atoms with Crippen molar-refractivity contribution in [3.05, 3.63) is 37.9 Å². The summed E-state index contributed by atoms with van der Waals surface area (Å²) < 4.78 is 18.3. The van der Waals surface area contributed by atoms with Gasteiger partial charge in [0.2, 0.25) is 12.5 Å². The summed E-state index contributed by atoms with van der Waals surface area (Å²) in [5.41, 5.74) is 1.51. The van der Waals surface area contributed by atoms with Gasteiger partial charge in [0.1, 0.15) is 6.04 Å². The third-order valence-corrected chi connectivity index (χ3v) is 5.63. The van der Waals surface area contributed by atoms with Crippen LogP contribution in [0, 0.1) is 4.77 Å².